The molecule has 2 fully saturated rings. The third kappa shape index (κ3) is 8.97. The van der Waals surface area contributed by atoms with Gasteiger partial charge in [0.2, 0.25) is 33.6 Å². The van der Waals surface area contributed by atoms with Crippen molar-refractivity contribution in [2.24, 2.45) is 11.8 Å². The maximum Gasteiger partial charge on any atom is 0.237 e. The minimum Gasteiger partial charge on any atom is -0.481 e. The number of ether oxygens (including phenoxy) is 3. The first-order chi connectivity index (χ1) is 26.9. The molecule has 296 valence electrons. The summed E-state index contributed by atoms with van der Waals surface area (Å²) in [6, 6.07) is 17.8. The molecule has 2 aliphatic carbocycles. The zero-order chi connectivity index (χ0) is 39.6. The van der Waals surface area contributed by atoms with E-state index >= 15 is 0 Å². The lowest BCUT2D eigenvalue weighted by molar-refractivity contribution is -0.122. The first-order valence-electron chi connectivity index (χ1n) is 18.7. The van der Waals surface area contributed by atoms with Crippen molar-refractivity contribution in [3.05, 3.63) is 86.9 Å². The van der Waals surface area contributed by atoms with E-state index in [9.17, 15) is 18.0 Å². The Bertz CT molecular complexity index is 2260. The van der Waals surface area contributed by atoms with E-state index in [1.54, 1.807) is 13.2 Å². The lowest BCUT2D eigenvalue weighted by atomic mass is 9.94. The van der Waals surface area contributed by atoms with Crippen LogP contribution in [0.3, 0.4) is 0 Å². The van der Waals surface area contributed by atoms with Crippen molar-refractivity contribution in [2.75, 3.05) is 40.1 Å². The Morgan fingerprint density at radius 3 is 2.41 bits per heavy atom. The number of halogens is 2. The highest BCUT2D eigenvalue weighted by Gasteiger charge is 2.32. The second kappa shape index (κ2) is 17.1. The van der Waals surface area contributed by atoms with Crippen LogP contribution in [0.25, 0.3) is 22.4 Å². The Hall–Kier alpha value is -4.27. The fraction of sp³-hybridized carbons (Fsp3) is 0.415. The Morgan fingerprint density at radius 1 is 0.911 bits per heavy atom. The molecule has 12 nitrogen and oxygen atoms in total. The van der Waals surface area contributed by atoms with Crippen molar-refractivity contribution in [2.45, 2.75) is 57.7 Å². The highest BCUT2D eigenvalue weighted by atomic mass is 35.5. The molecule has 1 saturated heterocycles. The molecular formula is C41H45Cl2N5O7S. The number of aromatic nitrogens is 2. The minimum atomic E-state index is -3.63. The number of hydrogen-bond donors (Lipinski definition) is 2. The normalized spacial score (nSPS) is 19.6. The zero-order valence-corrected chi connectivity index (χ0v) is 33.9. The molecule has 1 amide bonds. The standard InChI is InChI=1S/C41H45Cl2N5O7S/c1-53-39-25(21-44-20-24-10-12-28(49)18-24)11-14-35(45-39)33-9-5-8-32(37(33)43)29-6-4-7-31-30(29)13-15-36(31)55-41-34(42)19-27(40(46-41)54-2)23-48-17-16-26(22-48)38(50)47-56(3,51)52/h4-9,11,14,19,24,26,36,44H,10,12-13,15-18,20-23H2,1-3H3,(H,47,50)/t24-,26+,36+/m1/s1. The van der Waals surface area contributed by atoms with Gasteiger partial charge in [-0.25, -0.2) is 13.4 Å². The molecule has 0 spiro atoms. The smallest absolute Gasteiger partial charge is 0.237 e. The summed E-state index contributed by atoms with van der Waals surface area (Å²) in [5.74, 6) is 0.930. The second-order valence-corrected chi connectivity index (χ2v) is 17.3. The molecule has 2 aromatic carbocycles. The number of rotatable bonds is 14. The van der Waals surface area contributed by atoms with Gasteiger partial charge >= 0.3 is 0 Å². The number of hydrogen-bond acceptors (Lipinski definition) is 11. The predicted molar refractivity (Wildman–Crippen MR) is 215 cm³/mol. The van der Waals surface area contributed by atoms with Crippen LogP contribution in [-0.4, -0.2) is 75.1 Å². The van der Waals surface area contributed by atoms with E-state index in [4.69, 9.17) is 42.4 Å². The number of sulfonamides is 1. The van der Waals surface area contributed by atoms with Gasteiger partial charge in [-0.05, 0) is 73.5 Å². The molecule has 1 aliphatic heterocycles. The molecule has 3 atom stereocenters. The van der Waals surface area contributed by atoms with E-state index in [1.807, 2.05) is 41.3 Å². The minimum absolute atomic E-state index is 0.259. The topological polar surface area (TPSA) is 149 Å². The van der Waals surface area contributed by atoms with Crippen LogP contribution in [0.15, 0.2) is 54.6 Å². The number of fused-ring (bicyclic) bond motifs is 1. The fourth-order valence-corrected chi connectivity index (χ4v) is 9.11. The summed E-state index contributed by atoms with van der Waals surface area (Å²) in [7, 11) is -0.481. The average Bonchev–Trinajstić information content (AvgIpc) is 3.92. The quantitative estimate of drug-likeness (QED) is 0.143. The van der Waals surface area contributed by atoms with Gasteiger partial charge in [0.05, 0.1) is 37.1 Å². The van der Waals surface area contributed by atoms with Crippen LogP contribution < -0.4 is 24.2 Å². The van der Waals surface area contributed by atoms with E-state index in [0.717, 1.165) is 64.6 Å². The number of likely N-dealkylation sites (tertiary alicyclic amines) is 1. The molecular weight excluding hydrogens is 777 g/mol. The maximum atomic E-state index is 12.4. The van der Waals surface area contributed by atoms with Crippen LogP contribution >= 0.6 is 23.2 Å². The molecule has 15 heteroatoms. The van der Waals surface area contributed by atoms with Crippen LogP contribution in [0.4, 0.5) is 0 Å². The van der Waals surface area contributed by atoms with Gasteiger partial charge in [-0.2, -0.15) is 4.98 Å². The summed E-state index contributed by atoms with van der Waals surface area (Å²) in [4.78, 5) is 35.6. The number of benzene rings is 2. The molecule has 0 bridgehead atoms. The van der Waals surface area contributed by atoms with Gasteiger partial charge in [0, 0.05) is 54.7 Å². The number of carbonyl (C=O) groups excluding carboxylic acids is 2. The lowest BCUT2D eigenvalue weighted by Crippen LogP contribution is -2.36. The predicted octanol–water partition coefficient (Wildman–Crippen LogP) is 6.56. The van der Waals surface area contributed by atoms with Crippen LogP contribution in [0.1, 0.15) is 60.5 Å². The number of pyridine rings is 2. The Balaban J connectivity index is 1.05. The number of methoxy groups -OCH3 is 2. The molecule has 56 heavy (non-hydrogen) atoms. The van der Waals surface area contributed by atoms with E-state index < -0.39 is 21.8 Å². The molecule has 2 aromatic heterocycles. The van der Waals surface area contributed by atoms with Gasteiger partial charge in [0.25, 0.3) is 0 Å². The summed E-state index contributed by atoms with van der Waals surface area (Å²) in [5.41, 5.74) is 7.22. The summed E-state index contributed by atoms with van der Waals surface area (Å²) in [6.07, 6.45) is 4.93. The zero-order valence-electron chi connectivity index (χ0n) is 31.6. The molecule has 4 aromatic rings. The van der Waals surface area contributed by atoms with E-state index in [0.29, 0.717) is 91.1 Å². The van der Waals surface area contributed by atoms with E-state index in [-0.39, 0.29) is 12.0 Å². The van der Waals surface area contributed by atoms with Crippen molar-refractivity contribution in [3.8, 4) is 40.0 Å². The maximum absolute atomic E-state index is 12.4. The van der Waals surface area contributed by atoms with Crippen LogP contribution in [0.2, 0.25) is 10.0 Å². The molecule has 0 unspecified atom stereocenters. The van der Waals surface area contributed by atoms with Crippen molar-refractivity contribution in [1.29, 1.82) is 0 Å². The van der Waals surface area contributed by atoms with Gasteiger partial charge in [-0.3, -0.25) is 19.2 Å². The van der Waals surface area contributed by atoms with Gasteiger partial charge < -0.3 is 19.5 Å². The highest BCUT2D eigenvalue weighted by molar-refractivity contribution is 7.89. The largest absolute Gasteiger partial charge is 0.481 e. The highest BCUT2D eigenvalue weighted by Crippen LogP contribution is 2.45. The van der Waals surface area contributed by atoms with Crippen LogP contribution in [0, 0.1) is 11.8 Å². The third-order valence-corrected chi connectivity index (χ3v) is 12.0. The monoisotopic (exact) mass is 821 g/mol. The Kier molecular flexibility index (Phi) is 12.2. The number of Topliss-reactive ketones (excluding diaryl/α,β-unsaturated/α-hetero) is 1. The van der Waals surface area contributed by atoms with Gasteiger partial charge in [-0.15, -0.1) is 0 Å². The average molecular weight is 823 g/mol. The summed E-state index contributed by atoms with van der Waals surface area (Å²) >= 11 is 14.0. The third-order valence-electron chi connectivity index (χ3n) is 10.8. The number of nitrogens with one attached hydrogen (secondary N) is 2. The van der Waals surface area contributed by atoms with Gasteiger partial charge in [0.15, 0.2) is 0 Å². The van der Waals surface area contributed by atoms with Crippen LogP contribution in [0.5, 0.6) is 17.6 Å². The van der Waals surface area contributed by atoms with Crippen molar-refractivity contribution < 1.29 is 32.2 Å². The molecule has 7 rings (SSSR count). The van der Waals surface area contributed by atoms with Gasteiger partial charge in [-0.1, -0.05) is 65.7 Å². The lowest BCUT2D eigenvalue weighted by Gasteiger charge is -2.20. The van der Waals surface area contributed by atoms with Crippen LogP contribution in [-0.2, 0) is 39.1 Å². The number of nitrogens with zero attached hydrogens (tertiary/aromatic N) is 3. The Morgan fingerprint density at radius 2 is 1.66 bits per heavy atom. The first kappa shape index (κ1) is 39.9. The van der Waals surface area contributed by atoms with Crippen molar-refractivity contribution in [3.63, 3.8) is 0 Å². The van der Waals surface area contributed by atoms with Crippen molar-refractivity contribution >= 4 is 44.9 Å². The molecule has 3 heterocycles. The molecule has 2 N–H and O–H groups in total. The summed E-state index contributed by atoms with van der Waals surface area (Å²) in [5, 5.41) is 4.38. The fourth-order valence-electron chi connectivity index (χ4n) is 8.03. The summed E-state index contributed by atoms with van der Waals surface area (Å²) < 4.78 is 43.0. The molecule has 0 radical (unpaired) electrons. The summed E-state index contributed by atoms with van der Waals surface area (Å²) in [6.45, 7) is 2.79. The Labute approximate surface area is 337 Å². The SMILES string of the molecule is COc1nc(-c2cccc(-c3cccc4c3CC[C@@H]4Oc3nc(OC)c(CN4CC[C@H](C(=O)NS(C)(=O)=O)C4)cc3Cl)c2Cl)ccc1CNC[C@@H]1CCC(=O)C1. The first-order valence-corrected chi connectivity index (χ1v) is 21.4. The second-order valence-electron chi connectivity index (χ2n) is 14.7. The molecule has 1 saturated carbocycles. The molecule has 3 aliphatic rings. The van der Waals surface area contributed by atoms with E-state index in [1.165, 1.54) is 7.11 Å². The van der Waals surface area contributed by atoms with Crippen molar-refractivity contribution in [1.82, 2.24) is 24.9 Å². The number of amides is 1. The van der Waals surface area contributed by atoms with E-state index in [2.05, 4.69) is 27.2 Å². The van der Waals surface area contributed by atoms with Gasteiger partial charge in [0.1, 0.15) is 16.9 Å². The number of ketones is 1. The number of carbonyl (C=O) groups is 2.